The van der Waals surface area contributed by atoms with Gasteiger partial charge in [-0.2, -0.15) is 4.91 Å². The zero-order valence-electron chi connectivity index (χ0n) is 9.35. The smallest absolute Gasteiger partial charge is 0.115 e. The van der Waals surface area contributed by atoms with E-state index in [-0.39, 0.29) is 11.3 Å². The summed E-state index contributed by atoms with van der Waals surface area (Å²) >= 11 is 0. The van der Waals surface area contributed by atoms with Crippen LogP contribution in [0.3, 0.4) is 0 Å². The molecule has 0 saturated heterocycles. The van der Waals surface area contributed by atoms with E-state index in [0.29, 0.717) is 0 Å². The number of phenolic OH excluding ortho intramolecular Hbond substituents is 1. The van der Waals surface area contributed by atoms with Crippen molar-refractivity contribution in [3.05, 3.63) is 34.7 Å². The predicted molar refractivity (Wildman–Crippen MR) is 63.4 cm³/mol. The van der Waals surface area contributed by atoms with E-state index in [2.05, 4.69) is 5.18 Å². The first kappa shape index (κ1) is 11.1. The van der Waals surface area contributed by atoms with E-state index in [0.717, 1.165) is 44.1 Å². The molecule has 0 aliphatic heterocycles. The molecule has 0 radical (unpaired) electrons. The van der Waals surface area contributed by atoms with Crippen LogP contribution in [0, 0.1) is 4.91 Å². The SMILES string of the molecule is O=NC1(CCc2ccc(O)cc2)CCCC1. The summed E-state index contributed by atoms with van der Waals surface area (Å²) in [6.45, 7) is 0. The summed E-state index contributed by atoms with van der Waals surface area (Å²) in [5.41, 5.74) is 0.852. The van der Waals surface area contributed by atoms with Gasteiger partial charge >= 0.3 is 0 Å². The van der Waals surface area contributed by atoms with Gasteiger partial charge in [0.05, 0.1) is 0 Å². The van der Waals surface area contributed by atoms with Crippen molar-refractivity contribution in [2.24, 2.45) is 5.18 Å². The fourth-order valence-corrected chi connectivity index (χ4v) is 2.46. The van der Waals surface area contributed by atoms with E-state index in [1.54, 1.807) is 12.1 Å². The molecule has 1 fully saturated rings. The van der Waals surface area contributed by atoms with Gasteiger partial charge in [-0.1, -0.05) is 30.2 Å². The van der Waals surface area contributed by atoms with E-state index in [4.69, 9.17) is 5.11 Å². The summed E-state index contributed by atoms with van der Waals surface area (Å²) in [6.07, 6.45) is 5.83. The Labute approximate surface area is 95.5 Å². The molecule has 0 aromatic heterocycles. The summed E-state index contributed by atoms with van der Waals surface area (Å²) in [7, 11) is 0. The van der Waals surface area contributed by atoms with E-state index >= 15 is 0 Å². The average Bonchev–Trinajstić information content (AvgIpc) is 2.78. The van der Waals surface area contributed by atoms with Crippen molar-refractivity contribution in [2.75, 3.05) is 0 Å². The van der Waals surface area contributed by atoms with Gasteiger partial charge in [-0.3, -0.25) is 0 Å². The number of nitroso groups, excluding NO2 is 1. The maximum atomic E-state index is 10.9. The minimum Gasteiger partial charge on any atom is -0.508 e. The Balaban J connectivity index is 1.95. The number of aryl methyl sites for hydroxylation is 1. The van der Waals surface area contributed by atoms with Crippen LogP contribution in [0.5, 0.6) is 5.75 Å². The highest BCUT2D eigenvalue weighted by molar-refractivity contribution is 5.26. The summed E-state index contributed by atoms with van der Waals surface area (Å²) in [5, 5.41) is 12.5. The van der Waals surface area contributed by atoms with Crippen molar-refractivity contribution in [2.45, 2.75) is 44.1 Å². The number of hydrogen-bond acceptors (Lipinski definition) is 3. The van der Waals surface area contributed by atoms with Crippen molar-refractivity contribution < 1.29 is 5.11 Å². The molecule has 1 aromatic carbocycles. The molecular weight excluding hydrogens is 202 g/mol. The Morgan fingerprint density at radius 1 is 1.19 bits per heavy atom. The fraction of sp³-hybridized carbons (Fsp3) is 0.538. The molecule has 1 aromatic rings. The third kappa shape index (κ3) is 2.40. The number of benzene rings is 1. The second-order valence-corrected chi connectivity index (χ2v) is 4.69. The zero-order valence-corrected chi connectivity index (χ0v) is 9.35. The lowest BCUT2D eigenvalue weighted by Gasteiger charge is -2.19. The van der Waals surface area contributed by atoms with Gasteiger partial charge in [-0.05, 0) is 43.4 Å². The summed E-state index contributed by atoms with van der Waals surface area (Å²) in [6, 6.07) is 7.18. The van der Waals surface area contributed by atoms with Gasteiger partial charge in [0.2, 0.25) is 0 Å². The Morgan fingerprint density at radius 2 is 1.81 bits per heavy atom. The molecule has 1 saturated carbocycles. The van der Waals surface area contributed by atoms with Gasteiger partial charge in [-0.25, -0.2) is 0 Å². The van der Waals surface area contributed by atoms with Crippen molar-refractivity contribution >= 4 is 0 Å². The minimum atomic E-state index is -0.308. The van der Waals surface area contributed by atoms with Crippen LogP contribution in [0.4, 0.5) is 0 Å². The Hall–Kier alpha value is -1.38. The van der Waals surface area contributed by atoms with Crippen molar-refractivity contribution in [1.29, 1.82) is 0 Å². The highest BCUT2D eigenvalue weighted by Gasteiger charge is 2.34. The van der Waals surface area contributed by atoms with Crippen molar-refractivity contribution in [1.82, 2.24) is 0 Å². The molecule has 86 valence electrons. The number of phenols is 1. The molecule has 3 heteroatoms. The molecule has 3 nitrogen and oxygen atoms in total. The first-order valence-corrected chi connectivity index (χ1v) is 5.87. The first-order chi connectivity index (χ1) is 7.74. The lowest BCUT2D eigenvalue weighted by Crippen LogP contribution is -2.21. The highest BCUT2D eigenvalue weighted by atomic mass is 16.3. The Morgan fingerprint density at radius 3 is 2.38 bits per heavy atom. The summed E-state index contributed by atoms with van der Waals surface area (Å²) in [4.78, 5) is 10.9. The van der Waals surface area contributed by atoms with E-state index in [9.17, 15) is 4.91 Å². The molecule has 2 rings (SSSR count). The first-order valence-electron chi connectivity index (χ1n) is 5.87. The van der Waals surface area contributed by atoms with Crippen molar-refractivity contribution in [3.8, 4) is 5.75 Å². The van der Waals surface area contributed by atoms with E-state index in [1.807, 2.05) is 12.1 Å². The number of nitrogens with zero attached hydrogens (tertiary/aromatic N) is 1. The van der Waals surface area contributed by atoms with Crippen LogP contribution in [-0.4, -0.2) is 10.6 Å². The van der Waals surface area contributed by atoms with E-state index in [1.165, 1.54) is 0 Å². The van der Waals surface area contributed by atoms with Crippen LogP contribution in [0.25, 0.3) is 0 Å². The summed E-state index contributed by atoms with van der Waals surface area (Å²) < 4.78 is 0. The molecule has 0 amide bonds. The van der Waals surface area contributed by atoms with Crippen molar-refractivity contribution in [3.63, 3.8) is 0 Å². The fourth-order valence-electron chi connectivity index (χ4n) is 2.46. The van der Waals surface area contributed by atoms with Crippen LogP contribution < -0.4 is 0 Å². The standard InChI is InChI=1S/C13H17NO2/c15-12-5-3-11(4-6-12)7-10-13(14-16)8-1-2-9-13/h3-6,15H,1-2,7-10H2. The Kier molecular flexibility index (Phi) is 3.22. The molecule has 1 aliphatic carbocycles. The Bertz CT molecular complexity index is 353. The van der Waals surface area contributed by atoms with Gasteiger partial charge in [0, 0.05) is 0 Å². The van der Waals surface area contributed by atoms with Gasteiger partial charge in [0.1, 0.15) is 11.3 Å². The molecule has 0 unspecified atom stereocenters. The zero-order chi connectivity index (χ0) is 11.4. The third-order valence-corrected chi connectivity index (χ3v) is 3.54. The van der Waals surface area contributed by atoms with Crippen LogP contribution >= 0.6 is 0 Å². The topological polar surface area (TPSA) is 49.7 Å². The van der Waals surface area contributed by atoms with Gasteiger partial charge in [0.25, 0.3) is 0 Å². The molecule has 0 bridgehead atoms. The number of hydrogen-bond donors (Lipinski definition) is 1. The monoisotopic (exact) mass is 219 g/mol. The van der Waals surface area contributed by atoms with Gasteiger partial charge < -0.3 is 5.11 Å². The molecule has 0 spiro atoms. The minimum absolute atomic E-state index is 0.285. The number of rotatable bonds is 4. The second kappa shape index (κ2) is 4.64. The van der Waals surface area contributed by atoms with Crippen LogP contribution in [0.1, 0.15) is 37.7 Å². The molecule has 0 heterocycles. The third-order valence-electron chi connectivity index (χ3n) is 3.54. The quantitative estimate of drug-likeness (QED) is 0.789. The second-order valence-electron chi connectivity index (χ2n) is 4.69. The van der Waals surface area contributed by atoms with Gasteiger partial charge in [-0.15, -0.1) is 0 Å². The summed E-state index contributed by atoms with van der Waals surface area (Å²) in [5.74, 6) is 0.285. The molecule has 1 aliphatic rings. The molecule has 16 heavy (non-hydrogen) atoms. The predicted octanol–water partition coefficient (Wildman–Crippen LogP) is 3.40. The molecule has 0 atom stereocenters. The van der Waals surface area contributed by atoms with Gasteiger partial charge in [0.15, 0.2) is 0 Å². The van der Waals surface area contributed by atoms with Crippen LogP contribution in [-0.2, 0) is 6.42 Å². The highest BCUT2D eigenvalue weighted by Crippen LogP contribution is 2.36. The molecular formula is C13H17NO2. The maximum absolute atomic E-state index is 10.9. The van der Waals surface area contributed by atoms with Crippen LogP contribution in [0.2, 0.25) is 0 Å². The number of aromatic hydroxyl groups is 1. The molecule has 1 N–H and O–H groups in total. The maximum Gasteiger partial charge on any atom is 0.115 e. The largest absolute Gasteiger partial charge is 0.508 e. The van der Waals surface area contributed by atoms with E-state index < -0.39 is 0 Å². The lowest BCUT2D eigenvalue weighted by molar-refractivity contribution is 0.405. The normalized spacial score (nSPS) is 18.5. The van der Waals surface area contributed by atoms with Crippen LogP contribution in [0.15, 0.2) is 29.4 Å². The lowest BCUT2D eigenvalue weighted by atomic mass is 9.91. The average molecular weight is 219 g/mol.